The van der Waals surface area contributed by atoms with Gasteiger partial charge >= 0.3 is 0 Å². The van der Waals surface area contributed by atoms with Gasteiger partial charge in [0, 0.05) is 127 Å². The van der Waals surface area contributed by atoms with Crippen LogP contribution in [0.4, 0.5) is 81.8 Å². The van der Waals surface area contributed by atoms with Crippen molar-refractivity contribution < 1.29 is 27.4 Å². The number of rotatable bonds is 15. The van der Waals surface area contributed by atoms with Crippen molar-refractivity contribution >= 4 is 168 Å². The molecule has 37 nitrogen and oxygen atoms in total. The van der Waals surface area contributed by atoms with Crippen molar-refractivity contribution in [3.63, 3.8) is 0 Å². The third-order valence-electron chi connectivity index (χ3n) is 20.0. The first-order chi connectivity index (χ1) is 66.1. The smallest absolute Gasteiger partial charge is 0.248 e. The molecule has 19 aromatic rings. The topological polar surface area (TPSA) is 538 Å². The number of nitrogen functional groups attached to an aromatic ring is 6. The number of primary sulfonamides is 1. The summed E-state index contributed by atoms with van der Waals surface area (Å²) in [6.45, 7) is 2.81. The zero-order chi connectivity index (χ0) is 94.7. The molecule has 0 spiro atoms. The average Bonchev–Trinajstić information content (AvgIpc) is 1.69. The molecule has 42 heteroatoms. The number of carbonyl (C=O) groups is 1. The van der Waals surface area contributed by atoms with Crippen LogP contribution in [0.2, 0.25) is 10.3 Å². The van der Waals surface area contributed by atoms with Crippen molar-refractivity contribution in [2.24, 2.45) is 10.9 Å². The Labute approximate surface area is 813 Å². The highest BCUT2D eigenvalue weighted by Crippen LogP contribution is 2.38. The Morgan fingerprint density at radius 3 is 1.28 bits per heavy atom. The van der Waals surface area contributed by atoms with Crippen molar-refractivity contribution in [3.05, 3.63) is 374 Å². The first-order valence-electron chi connectivity index (χ1n) is 41.6. The number of para-hydroxylation sites is 7. The standard InChI is InChI=1S/C18H16N4.C12H11ClN4.C12H10ClN3.C12H10N4.C11H9N5.C11H10N4O2.C10H10N4O3S.C10H9N3O.2ClH/c1-2-7-15(8-3-1)20-18-19-12-10-17(21-18)22-13-11-14-6-4-5-9-16(14)22;13-9-1-2-10-8(7-9)4-6-17(10)11-3-5-15-12(14)16-11;2*13-12-14-7-5-11(15-12)16-8-6-9-3-1-2-4-10(9)16;12-11-13-6-5-10(15-11)16-7-14-8-3-1-2-4-9(8)16;12-10(16)7-1-3-8(4-2-7)17-9-5-6-14-11(13)15-9;11-10-13-6-5-9(14-10)17-7-1-3-8(4-2-7)18(12,15)16;11-10-12-7-6-9(13-10)14-8-4-2-1-3-5-8;;/h1-10,12H,11,13H2,(H,19,20,21);1-3,5,7H,4,6H2,(H2,14,15,16);1-5,7H,6,8H2;1-8H,(H2,13,14,15);1-7H,(H2,12,13,15);1-6H,(H2,12,16)(H2,13,14,15);1-6H,(H2,11,13,14)(H2,12,15,16);1-7H,(H2,11,12,13);2*1H. The number of anilines is 14. The van der Waals surface area contributed by atoms with Gasteiger partial charge in [0.15, 0.2) is 0 Å². The number of fused-ring (bicyclic) bond motifs is 5. The quantitative estimate of drug-likeness (QED) is 0.0430. The van der Waals surface area contributed by atoms with E-state index in [1.165, 1.54) is 76.2 Å². The summed E-state index contributed by atoms with van der Waals surface area (Å²) in [5.41, 5.74) is 50.1. The normalized spacial score (nSPS) is 11.5. The van der Waals surface area contributed by atoms with Gasteiger partial charge < -0.3 is 78.9 Å². The number of sulfonamides is 1. The van der Waals surface area contributed by atoms with Gasteiger partial charge in [-0.05, 0) is 211 Å². The number of nitrogens with two attached hydrogens (primary N) is 8. The lowest BCUT2D eigenvalue weighted by molar-refractivity contribution is 0.1000. The van der Waals surface area contributed by atoms with Gasteiger partial charge in [0.1, 0.15) is 52.7 Å². The molecule has 0 unspecified atom stereocenters. The summed E-state index contributed by atoms with van der Waals surface area (Å²) in [4.78, 5) is 85.9. The number of ether oxygens (including phenoxy) is 3. The van der Waals surface area contributed by atoms with Gasteiger partial charge in [0.05, 0.1) is 21.4 Å². The van der Waals surface area contributed by atoms with Crippen LogP contribution < -0.4 is 79.5 Å². The molecule has 0 bridgehead atoms. The summed E-state index contributed by atoms with van der Waals surface area (Å²) in [6.07, 6.45) is 19.7. The van der Waals surface area contributed by atoms with Crippen LogP contribution in [-0.4, -0.2) is 128 Å². The molecular weight excluding hydrogens is 1860 g/mol. The average molecular weight is 1940 g/mol. The molecule has 3 aliphatic rings. The van der Waals surface area contributed by atoms with Gasteiger partial charge in [-0.15, -0.1) is 24.8 Å². The Morgan fingerprint density at radius 1 is 0.362 bits per heavy atom. The summed E-state index contributed by atoms with van der Waals surface area (Å²) in [5, 5.41) is 10.5. The number of aromatic nitrogens is 19. The molecule has 3 aliphatic heterocycles. The highest BCUT2D eigenvalue weighted by molar-refractivity contribution is 7.89. The molecule has 13 heterocycles. The van der Waals surface area contributed by atoms with Gasteiger partial charge in [-0.1, -0.05) is 115 Å². The van der Waals surface area contributed by atoms with E-state index in [9.17, 15) is 13.2 Å². The Hall–Kier alpha value is -17.4. The minimum atomic E-state index is -3.70. The third kappa shape index (κ3) is 27.0. The minimum Gasteiger partial charge on any atom is -0.439 e. The number of primary amides is 1. The third-order valence-corrected chi connectivity index (χ3v) is 21.3. The van der Waals surface area contributed by atoms with Crippen LogP contribution in [0.25, 0.3) is 33.6 Å². The van der Waals surface area contributed by atoms with Gasteiger partial charge in [-0.25, -0.2) is 63.4 Å². The Balaban J connectivity index is 0.000000133. The number of halogens is 4. The second-order valence-corrected chi connectivity index (χ2v) is 31.4. The zero-order valence-electron chi connectivity index (χ0n) is 73.0. The molecule has 696 valence electrons. The number of imidazole rings is 1. The highest BCUT2D eigenvalue weighted by atomic mass is 35.5. The summed E-state index contributed by atoms with van der Waals surface area (Å²) in [6, 6.07) is 86.3. The number of hydrogen-bond acceptors (Lipinski definition) is 33. The SMILES string of the molecule is Cl.Cl.Clc1nccc(N2CCc3ccccc32)n1.NC(=O)c1ccc(Oc2ccnc(N)n2)cc1.Nc1nccc(-n2ccc3ccccc32)n1.Nc1nccc(-n2cnc3ccccc32)n1.Nc1nccc(N2CCc3cc(Cl)ccc32)n1.Nc1nccc(Oc2ccc(S(N)(=O)=O)cc2)n1.Nc1nccc(Oc2ccccc2)n1.c1ccc(Nc2nccc(N3CCc4ccccc43)n2)cc1. The van der Waals surface area contributed by atoms with Gasteiger partial charge in [0.2, 0.25) is 80.5 Å². The second-order valence-electron chi connectivity index (χ2n) is 29.1. The van der Waals surface area contributed by atoms with E-state index in [0.717, 1.165) is 107 Å². The predicted molar refractivity (Wildman–Crippen MR) is 539 cm³/mol. The van der Waals surface area contributed by atoms with Gasteiger partial charge in [-0.2, -0.15) is 34.9 Å². The van der Waals surface area contributed by atoms with E-state index >= 15 is 0 Å². The first kappa shape index (κ1) is 98.1. The van der Waals surface area contributed by atoms with Gasteiger partial charge in [-0.3, -0.25) is 9.36 Å². The predicted octanol–water partition coefficient (Wildman–Crippen LogP) is 16.7. The number of benzene rings is 9. The Kier molecular flexibility index (Phi) is 33.6. The molecule has 0 atom stereocenters. The minimum absolute atomic E-state index is 0. The van der Waals surface area contributed by atoms with Crippen LogP contribution in [0.3, 0.4) is 0 Å². The molecule has 0 radical (unpaired) electrons. The van der Waals surface area contributed by atoms with Crippen LogP contribution in [0, 0.1) is 0 Å². The van der Waals surface area contributed by atoms with Crippen LogP contribution in [0.5, 0.6) is 34.9 Å². The largest absolute Gasteiger partial charge is 0.439 e. The fourth-order valence-corrected chi connectivity index (χ4v) is 14.7. The van der Waals surface area contributed by atoms with Crippen LogP contribution in [-0.2, 0) is 29.3 Å². The Bertz CT molecular complexity index is 7290. The number of nitrogens with one attached hydrogen (secondary N) is 1. The number of nitrogens with zero attached hydrogens (tertiary/aromatic N) is 22. The van der Waals surface area contributed by atoms with Crippen molar-refractivity contribution in [1.29, 1.82) is 0 Å². The van der Waals surface area contributed by atoms with E-state index in [2.05, 4.69) is 153 Å². The molecule has 0 saturated heterocycles. The molecule has 0 fully saturated rings. The van der Waals surface area contributed by atoms with E-state index in [4.69, 9.17) is 82.7 Å². The number of amides is 1. The summed E-state index contributed by atoms with van der Waals surface area (Å²) >= 11 is 11.8. The molecule has 1 amide bonds. The van der Waals surface area contributed by atoms with E-state index < -0.39 is 15.9 Å². The number of hydrogen-bond donors (Lipinski definition) is 9. The maximum Gasteiger partial charge on any atom is 0.248 e. The second kappa shape index (κ2) is 47.3. The summed E-state index contributed by atoms with van der Waals surface area (Å²) in [5.74, 6) is 8.28. The Morgan fingerprint density at radius 2 is 0.768 bits per heavy atom. The van der Waals surface area contributed by atoms with E-state index in [-0.39, 0.29) is 65.3 Å². The fourth-order valence-electron chi connectivity index (χ4n) is 13.9. The molecule has 0 saturated carbocycles. The molecule has 138 heavy (non-hydrogen) atoms. The maximum absolute atomic E-state index is 11.0. The van der Waals surface area contributed by atoms with Crippen molar-refractivity contribution in [1.82, 2.24) is 93.9 Å². The maximum atomic E-state index is 11.0. The fraction of sp³-hybridized carbons (Fsp3) is 0.0625. The lowest BCUT2D eigenvalue weighted by atomic mass is 10.2. The first-order valence-corrected chi connectivity index (χ1v) is 43.9. The van der Waals surface area contributed by atoms with E-state index in [1.54, 1.807) is 86.0 Å². The molecule has 0 aliphatic carbocycles. The molecule has 17 N–H and O–H groups in total. The van der Waals surface area contributed by atoms with Crippen LogP contribution >= 0.6 is 48.0 Å². The molecule has 9 aromatic carbocycles. The lowest BCUT2D eigenvalue weighted by Crippen LogP contribution is -2.15. The zero-order valence-corrected chi connectivity index (χ0v) is 76.9. The number of carbonyl (C=O) groups excluding carboxylic acids is 1. The van der Waals surface area contributed by atoms with Crippen LogP contribution in [0.1, 0.15) is 27.0 Å². The van der Waals surface area contributed by atoms with E-state index in [0.29, 0.717) is 46.0 Å². The summed E-state index contributed by atoms with van der Waals surface area (Å²) < 4.78 is 42.2. The molecule has 22 rings (SSSR count). The van der Waals surface area contributed by atoms with Crippen LogP contribution in [0.15, 0.2) is 346 Å². The van der Waals surface area contributed by atoms with Crippen molar-refractivity contribution in [2.45, 2.75) is 24.2 Å². The summed E-state index contributed by atoms with van der Waals surface area (Å²) in [7, 11) is -3.70. The molecular formula is C96H87Cl4N31O6S. The molecule has 10 aromatic heterocycles. The van der Waals surface area contributed by atoms with Crippen molar-refractivity contribution in [2.75, 3.05) is 74.1 Å². The highest BCUT2D eigenvalue weighted by Gasteiger charge is 2.25. The monoisotopic (exact) mass is 1940 g/mol. The van der Waals surface area contributed by atoms with E-state index in [1.807, 2.05) is 173 Å². The lowest BCUT2D eigenvalue weighted by Gasteiger charge is -2.18. The van der Waals surface area contributed by atoms with Crippen molar-refractivity contribution in [3.8, 4) is 46.5 Å². The van der Waals surface area contributed by atoms with Gasteiger partial charge in [0.25, 0.3) is 0 Å².